The summed E-state index contributed by atoms with van der Waals surface area (Å²) in [6, 6.07) is 7.67. The van der Waals surface area contributed by atoms with Crippen LogP contribution in [0.15, 0.2) is 28.7 Å². The molecule has 1 aromatic carbocycles. The third kappa shape index (κ3) is 2.27. The third-order valence-electron chi connectivity index (χ3n) is 1.41. The highest BCUT2D eigenvalue weighted by Gasteiger charge is 2.00. The Balaban J connectivity index is 2.81. The van der Waals surface area contributed by atoms with Gasteiger partial charge < -0.3 is 5.73 Å². The summed E-state index contributed by atoms with van der Waals surface area (Å²) in [5.41, 5.74) is 9.02. The van der Waals surface area contributed by atoms with E-state index in [0.29, 0.717) is 0 Å². The molecule has 0 heterocycles. The topological polar surface area (TPSA) is 64.1 Å². The molecule has 0 aromatic heterocycles. The molecule has 11 heavy (non-hydrogen) atoms. The number of benzene rings is 1. The second kappa shape index (κ2) is 3.82. The predicted molar refractivity (Wildman–Crippen MR) is 48.4 cm³/mol. The lowest BCUT2D eigenvalue weighted by Gasteiger charge is -2.09. The van der Waals surface area contributed by atoms with Gasteiger partial charge in [0.05, 0.1) is 6.17 Å². The van der Waals surface area contributed by atoms with E-state index >= 15 is 0 Å². The summed E-state index contributed by atoms with van der Waals surface area (Å²) in [5, 5.41) is 0. The van der Waals surface area contributed by atoms with Crippen molar-refractivity contribution in [2.24, 2.45) is 11.6 Å². The van der Waals surface area contributed by atoms with Crippen LogP contribution in [0.2, 0.25) is 0 Å². The van der Waals surface area contributed by atoms with Crippen LogP contribution < -0.4 is 17.0 Å². The van der Waals surface area contributed by atoms with E-state index in [-0.39, 0.29) is 6.17 Å². The SMILES string of the molecule is NNC(N)c1ccc(Br)cc1. The Morgan fingerprint density at radius 1 is 1.27 bits per heavy atom. The molecular weight excluding hydrogens is 206 g/mol. The Labute approximate surface area is 73.9 Å². The second-order valence-corrected chi connectivity index (χ2v) is 3.11. The van der Waals surface area contributed by atoms with Gasteiger partial charge in [-0.3, -0.25) is 5.84 Å². The lowest BCUT2D eigenvalue weighted by atomic mass is 10.2. The molecule has 1 rings (SSSR count). The van der Waals surface area contributed by atoms with Gasteiger partial charge in [-0.1, -0.05) is 28.1 Å². The first-order chi connectivity index (χ1) is 5.24. The standard InChI is InChI=1S/C7H10BrN3/c8-6-3-1-5(2-4-6)7(9)11-10/h1-4,7,11H,9-10H2. The lowest BCUT2D eigenvalue weighted by Crippen LogP contribution is -2.33. The maximum atomic E-state index is 5.59. The first-order valence-corrected chi connectivity index (χ1v) is 4.00. The fourth-order valence-electron chi connectivity index (χ4n) is 0.766. The van der Waals surface area contributed by atoms with Crippen LogP contribution in [-0.2, 0) is 0 Å². The summed E-state index contributed by atoms with van der Waals surface area (Å²) < 4.78 is 1.03. The molecule has 0 amide bonds. The van der Waals surface area contributed by atoms with Crippen LogP contribution in [-0.4, -0.2) is 0 Å². The highest BCUT2D eigenvalue weighted by Crippen LogP contribution is 2.12. The summed E-state index contributed by atoms with van der Waals surface area (Å²) in [6.07, 6.45) is -0.289. The average molecular weight is 216 g/mol. The molecule has 0 aliphatic heterocycles. The highest BCUT2D eigenvalue weighted by atomic mass is 79.9. The van der Waals surface area contributed by atoms with Crippen molar-refractivity contribution in [1.82, 2.24) is 5.43 Å². The third-order valence-corrected chi connectivity index (χ3v) is 1.94. The molecule has 5 N–H and O–H groups in total. The Bertz CT molecular complexity index is 222. The summed E-state index contributed by atoms with van der Waals surface area (Å²) in [4.78, 5) is 0. The first kappa shape index (κ1) is 8.67. The van der Waals surface area contributed by atoms with Crippen molar-refractivity contribution >= 4 is 15.9 Å². The number of hydrogen-bond donors (Lipinski definition) is 3. The van der Waals surface area contributed by atoms with Crippen molar-refractivity contribution in [2.75, 3.05) is 0 Å². The normalized spacial score (nSPS) is 13.0. The van der Waals surface area contributed by atoms with E-state index < -0.39 is 0 Å². The van der Waals surface area contributed by atoms with Gasteiger partial charge in [0.2, 0.25) is 0 Å². The van der Waals surface area contributed by atoms with Crippen LogP contribution in [0.3, 0.4) is 0 Å². The zero-order valence-electron chi connectivity index (χ0n) is 5.92. The summed E-state index contributed by atoms with van der Waals surface area (Å²) in [6.45, 7) is 0. The van der Waals surface area contributed by atoms with E-state index in [2.05, 4.69) is 21.4 Å². The molecule has 0 aliphatic rings. The van der Waals surface area contributed by atoms with Crippen LogP contribution in [0.5, 0.6) is 0 Å². The quantitative estimate of drug-likeness (QED) is 0.390. The van der Waals surface area contributed by atoms with Crippen LogP contribution in [0.4, 0.5) is 0 Å². The van der Waals surface area contributed by atoms with E-state index in [4.69, 9.17) is 11.6 Å². The van der Waals surface area contributed by atoms with E-state index in [9.17, 15) is 0 Å². The number of nitrogens with one attached hydrogen (secondary N) is 1. The molecular formula is C7H10BrN3. The largest absolute Gasteiger partial charge is 0.311 e. The minimum atomic E-state index is -0.289. The maximum absolute atomic E-state index is 5.59. The molecule has 0 saturated carbocycles. The molecule has 0 aliphatic carbocycles. The molecule has 0 fully saturated rings. The molecule has 0 radical (unpaired) electrons. The van der Waals surface area contributed by atoms with Crippen molar-refractivity contribution < 1.29 is 0 Å². The predicted octanol–water partition coefficient (Wildman–Crippen LogP) is 0.870. The molecule has 0 saturated heterocycles. The molecule has 4 heteroatoms. The smallest absolute Gasteiger partial charge is 0.0935 e. The van der Waals surface area contributed by atoms with Crippen LogP contribution in [0.25, 0.3) is 0 Å². The Morgan fingerprint density at radius 2 is 1.82 bits per heavy atom. The molecule has 0 spiro atoms. The van der Waals surface area contributed by atoms with Gasteiger partial charge in [0.1, 0.15) is 0 Å². The van der Waals surface area contributed by atoms with Crippen LogP contribution in [0, 0.1) is 0 Å². The van der Waals surface area contributed by atoms with Crippen molar-refractivity contribution in [3.63, 3.8) is 0 Å². The minimum absolute atomic E-state index is 0.289. The van der Waals surface area contributed by atoms with Gasteiger partial charge in [0, 0.05) is 4.47 Å². The van der Waals surface area contributed by atoms with E-state index in [0.717, 1.165) is 10.0 Å². The van der Waals surface area contributed by atoms with Crippen LogP contribution >= 0.6 is 15.9 Å². The van der Waals surface area contributed by atoms with E-state index in [1.165, 1.54) is 0 Å². The van der Waals surface area contributed by atoms with Crippen molar-refractivity contribution in [3.05, 3.63) is 34.3 Å². The summed E-state index contributed by atoms with van der Waals surface area (Å²) in [7, 11) is 0. The Kier molecular flexibility index (Phi) is 3.02. The van der Waals surface area contributed by atoms with E-state index in [1.54, 1.807) is 0 Å². The zero-order valence-corrected chi connectivity index (χ0v) is 7.51. The summed E-state index contributed by atoms with van der Waals surface area (Å²) >= 11 is 3.32. The molecule has 1 atom stereocenters. The fourth-order valence-corrected chi connectivity index (χ4v) is 1.03. The number of nitrogens with two attached hydrogens (primary N) is 2. The lowest BCUT2D eigenvalue weighted by molar-refractivity contribution is 0.577. The fraction of sp³-hybridized carbons (Fsp3) is 0.143. The summed E-state index contributed by atoms with van der Waals surface area (Å²) in [5.74, 6) is 5.16. The van der Waals surface area contributed by atoms with Crippen molar-refractivity contribution in [2.45, 2.75) is 6.17 Å². The molecule has 0 bridgehead atoms. The maximum Gasteiger partial charge on any atom is 0.0935 e. The van der Waals surface area contributed by atoms with Crippen molar-refractivity contribution in [3.8, 4) is 0 Å². The van der Waals surface area contributed by atoms with Gasteiger partial charge in [-0.05, 0) is 17.7 Å². The first-order valence-electron chi connectivity index (χ1n) is 3.21. The monoisotopic (exact) mass is 215 g/mol. The number of hydrogen-bond acceptors (Lipinski definition) is 3. The highest BCUT2D eigenvalue weighted by molar-refractivity contribution is 9.10. The minimum Gasteiger partial charge on any atom is -0.311 e. The molecule has 1 aromatic rings. The van der Waals surface area contributed by atoms with Crippen LogP contribution in [0.1, 0.15) is 11.7 Å². The van der Waals surface area contributed by atoms with E-state index in [1.807, 2.05) is 24.3 Å². The number of halogens is 1. The molecule has 60 valence electrons. The Hall–Kier alpha value is -0.420. The van der Waals surface area contributed by atoms with Gasteiger partial charge in [0.25, 0.3) is 0 Å². The second-order valence-electron chi connectivity index (χ2n) is 2.20. The molecule has 3 nitrogen and oxygen atoms in total. The number of rotatable bonds is 2. The molecule has 1 unspecified atom stereocenters. The van der Waals surface area contributed by atoms with Gasteiger partial charge in [0.15, 0.2) is 0 Å². The average Bonchev–Trinajstić information content (AvgIpc) is 2.05. The van der Waals surface area contributed by atoms with Gasteiger partial charge in [-0.25, -0.2) is 5.43 Å². The van der Waals surface area contributed by atoms with Gasteiger partial charge >= 0.3 is 0 Å². The number of hydrazine groups is 1. The van der Waals surface area contributed by atoms with Gasteiger partial charge in [-0.15, -0.1) is 0 Å². The Morgan fingerprint density at radius 3 is 2.27 bits per heavy atom. The van der Waals surface area contributed by atoms with Gasteiger partial charge in [-0.2, -0.15) is 0 Å². The zero-order chi connectivity index (χ0) is 8.27. The van der Waals surface area contributed by atoms with Crippen molar-refractivity contribution in [1.29, 1.82) is 0 Å².